The molecule has 0 spiro atoms. The van der Waals surface area contributed by atoms with Crippen LogP contribution in [0, 0.1) is 6.92 Å². The number of H-pyrrole nitrogens is 1. The molecule has 0 bridgehead atoms. The summed E-state index contributed by atoms with van der Waals surface area (Å²) in [6, 6.07) is 8.22. The van der Waals surface area contributed by atoms with E-state index in [1.165, 1.54) is 19.3 Å². The van der Waals surface area contributed by atoms with Gasteiger partial charge in [0, 0.05) is 28.7 Å². The van der Waals surface area contributed by atoms with Crippen molar-refractivity contribution in [1.29, 1.82) is 0 Å². The minimum absolute atomic E-state index is 0.394. The van der Waals surface area contributed by atoms with Crippen LogP contribution in [0.5, 0.6) is 0 Å². The third kappa shape index (κ3) is 2.53. The molecule has 1 atom stereocenters. The standard InChI is InChI=1S/C16H22N2O/c1-12-16(13-7-3-4-8-14(13)17-12)15(19)11-18-9-5-2-6-10-18/h3-4,7-8,15,17,19H,2,5-6,9-11H2,1H3/t15-/m1/s1. The lowest BCUT2D eigenvalue weighted by Crippen LogP contribution is -2.33. The van der Waals surface area contributed by atoms with E-state index in [1.807, 2.05) is 12.1 Å². The fraction of sp³-hybridized carbons (Fsp3) is 0.500. The molecule has 1 saturated heterocycles. The molecule has 1 aliphatic heterocycles. The molecule has 2 N–H and O–H groups in total. The van der Waals surface area contributed by atoms with Crippen LogP contribution < -0.4 is 0 Å². The van der Waals surface area contributed by atoms with E-state index in [0.717, 1.165) is 41.8 Å². The Bertz CT molecular complexity index is 555. The first-order chi connectivity index (χ1) is 9.25. The number of piperidine rings is 1. The molecular formula is C16H22N2O. The second-order valence-electron chi connectivity index (χ2n) is 5.59. The Morgan fingerprint density at radius 3 is 2.74 bits per heavy atom. The minimum Gasteiger partial charge on any atom is -0.387 e. The van der Waals surface area contributed by atoms with Gasteiger partial charge in [-0.25, -0.2) is 0 Å². The molecule has 1 aliphatic rings. The number of aliphatic hydroxyl groups excluding tert-OH is 1. The molecule has 3 nitrogen and oxygen atoms in total. The summed E-state index contributed by atoms with van der Waals surface area (Å²) in [5, 5.41) is 11.7. The Kier molecular flexibility index (Phi) is 3.58. The quantitative estimate of drug-likeness (QED) is 0.888. The minimum atomic E-state index is -0.394. The lowest BCUT2D eigenvalue weighted by Gasteiger charge is -2.28. The molecule has 0 saturated carbocycles. The number of para-hydroxylation sites is 1. The maximum absolute atomic E-state index is 10.6. The summed E-state index contributed by atoms with van der Waals surface area (Å²) in [6.45, 7) is 5.05. The van der Waals surface area contributed by atoms with Crippen LogP contribution in [-0.4, -0.2) is 34.6 Å². The molecule has 2 heterocycles. The number of β-amino-alcohol motifs (C(OH)–C–C–N with tert-alkyl or cyclic N) is 1. The highest BCUT2D eigenvalue weighted by atomic mass is 16.3. The van der Waals surface area contributed by atoms with Gasteiger partial charge in [-0.1, -0.05) is 24.6 Å². The van der Waals surface area contributed by atoms with E-state index in [2.05, 4.69) is 28.9 Å². The second kappa shape index (κ2) is 5.35. The molecule has 19 heavy (non-hydrogen) atoms. The molecule has 3 heteroatoms. The summed E-state index contributed by atoms with van der Waals surface area (Å²) in [7, 11) is 0. The van der Waals surface area contributed by atoms with E-state index in [9.17, 15) is 5.11 Å². The first-order valence-electron chi connectivity index (χ1n) is 7.23. The smallest absolute Gasteiger partial charge is 0.0940 e. The summed E-state index contributed by atoms with van der Waals surface area (Å²) >= 11 is 0. The average Bonchev–Trinajstić information content (AvgIpc) is 2.75. The molecule has 2 aromatic rings. The zero-order valence-electron chi connectivity index (χ0n) is 11.5. The number of nitrogens with one attached hydrogen (secondary N) is 1. The van der Waals surface area contributed by atoms with Gasteiger partial charge in [0.2, 0.25) is 0 Å². The van der Waals surface area contributed by atoms with Crippen molar-refractivity contribution in [3.63, 3.8) is 0 Å². The van der Waals surface area contributed by atoms with Gasteiger partial charge in [0.15, 0.2) is 0 Å². The van der Waals surface area contributed by atoms with E-state index in [4.69, 9.17) is 0 Å². The summed E-state index contributed by atoms with van der Waals surface area (Å²) in [6.07, 6.45) is 3.46. The van der Waals surface area contributed by atoms with Crippen molar-refractivity contribution < 1.29 is 5.11 Å². The number of aromatic amines is 1. The third-order valence-corrected chi connectivity index (χ3v) is 4.16. The fourth-order valence-corrected chi connectivity index (χ4v) is 3.21. The molecule has 3 rings (SSSR count). The zero-order valence-corrected chi connectivity index (χ0v) is 11.5. The number of fused-ring (bicyclic) bond motifs is 1. The summed E-state index contributed by atoms with van der Waals surface area (Å²) in [4.78, 5) is 5.75. The summed E-state index contributed by atoms with van der Waals surface area (Å²) < 4.78 is 0. The Morgan fingerprint density at radius 2 is 1.95 bits per heavy atom. The molecule has 0 radical (unpaired) electrons. The molecular weight excluding hydrogens is 236 g/mol. The van der Waals surface area contributed by atoms with Crippen molar-refractivity contribution >= 4 is 10.9 Å². The topological polar surface area (TPSA) is 39.3 Å². The van der Waals surface area contributed by atoms with E-state index < -0.39 is 6.10 Å². The number of benzene rings is 1. The number of aromatic nitrogens is 1. The van der Waals surface area contributed by atoms with Gasteiger partial charge in [-0.15, -0.1) is 0 Å². The van der Waals surface area contributed by atoms with Gasteiger partial charge in [-0.2, -0.15) is 0 Å². The largest absolute Gasteiger partial charge is 0.387 e. The normalized spacial score (nSPS) is 18.8. The first-order valence-corrected chi connectivity index (χ1v) is 7.23. The van der Waals surface area contributed by atoms with Gasteiger partial charge in [0.05, 0.1) is 6.10 Å². The number of aliphatic hydroxyl groups is 1. The van der Waals surface area contributed by atoms with Crippen molar-refractivity contribution in [1.82, 2.24) is 9.88 Å². The Hall–Kier alpha value is -1.32. The molecule has 0 amide bonds. The van der Waals surface area contributed by atoms with Crippen LogP contribution in [0.4, 0.5) is 0 Å². The van der Waals surface area contributed by atoms with Gasteiger partial charge >= 0.3 is 0 Å². The highest BCUT2D eigenvalue weighted by Crippen LogP contribution is 2.28. The van der Waals surface area contributed by atoms with Gasteiger partial charge in [0.1, 0.15) is 0 Å². The van der Waals surface area contributed by atoms with E-state index in [-0.39, 0.29) is 0 Å². The van der Waals surface area contributed by atoms with Crippen LogP contribution in [-0.2, 0) is 0 Å². The van der Waals surface area contributed by atoms with Gasteiger partial charge < -0.3 is 15.0 Å². The maximum atomic E-state index is 10.6. The molecule has 1 fully saturated rings. The molecule has 1 aromatic heterocycles. The zero-order chi connectivity index (χ0) is 13.2. The number of hydrogen-bond donors (Lipinski definition) is 2. The van der Waals surface area contributed by atoms with Crippen molar-refractivity contribution in [2.75, 3.05) is 19.6 Å². The second-order valence-corrected chi connectivity index (χ2v) is 5.59. The monoisotopic (exact) mass is 258 g/mol. The van der Waals surface area contributed by atoms with Crippen LogP contribution in [0.15, 0.2) is 24.3 Å². The fourth-order valence-electron chi connectivity index (χ4n) is 3.21. The number of likely N-dealkylation sites (tertiary alicyclic amines) is 1. The van der Waals surface area contributed by atoms with Gasteiger partial charge in [0.25, 0.3) is 0 Å². The van der Waals surface area contributed by atoms with Crippen molar-refractivity contribution in [2.24, 2.45) is 0 Å². The van der Waals surface area contributed by atoms with Crippen LogP contribution in [0.1, 0.15) is 36.6 Å². The average molecular weight is 258 g/mol. The van der Waals surface area contributed by atoms with E-state index in [0.29, 0.717) is 0 Å². The Balaban J connectivity index is 1.84. The predicted molar refractivity (Wildman–Crippen MR) is 78.3 cm³/mol. The lowest BCUT2D eigenvalue weighted by atomic mass is 10.0. The summed E-state index contributed by atoms with van der Waals surface area (Å²) in [5.41, 5.74) is 3.28. The molecule has 0 unspecified atom stereocenters. The van der Waals surface area contributed by atoms with Crippen molar-refractivity contribution in [3.8, 4) is 0 Å². The number of aryl methyl sites for hydroxylation is 1. The predicted octanol–water partition coefficient (Wildman–Crippen LogP) is 3.00. The number of nitrogens with zero attached hydrogens (tertiary/aromatic N) is 1. The van der Waals surface area contributed by atoms with Crippen LogP contribution in [0.25, 0.3) is 10.9 Å². The first kappa shape index (κ1) is 12.7. The molecule has 1 aromatic carbocycles. The highest BCUT2D eigenvalue weighted by Gasteiger charge is 2.20. The highest BCUT2D eigenvalue weighted by molar-refractivity contribution is 5.84. The summed E-state index contributed by atoms with van der Waals surface area (Å²) in [5.74, 6) is 0. The van der Waals surface area contributed by atoms with Crippen LogP contribution in [0.2, 0.25) is 0 Å². The number of rotatable bonds is 3. The van der Waals surface area contributed by atoms with Gasteiger partial charge in [-0.3, -0.25) is 0 Å². The van der Waals surface area contributed by atoms with Crippen LogP contribution in [0.3, 0.4) is 0 Å². The lowest BCUT2D eigenvalue weighted by molar-refractivity contribution is 0.102. The molecule has 0 aliphatic carbocycles. The Labute approximate surface area is 114 Å². The van der Waals surface area contributed by atoms with Crippen molar-refractivity contribution in [3.05, 3.63) is 35.5 Å². The molecule has 102 valence electrons. The Morgan fingerprint density at radius 1 is 1.21 bits per heavy atom. The third-order valence-electron chi connectivity index (χ3n) is 4.16. The van der Waals surface area contributed by atoms with Crippen LogP contribution >= 0.6 is 0 Å². The maximum Gasteiger partial charge on any atom is 0.0940 e. The van der Waals surface area contributed by atoms with E-state index in [1.54, 1.807) is 0 Å². The van der Waals surface area contributed by atoms with E-state index >= 15 is 0 Å². The van der Waals surface area contributed by atoms with Crippen molar-refractivity contribution in [2.45, 2.75) is 32.3 Å². The number of hydrogen-bond acceptors (Lipinski definition) is 2. The van der Waals surface area contributed by atoms with Gasteiger partial charge in [-0.05, 0) is 38.9 Å². The SMILES string of the molecule is Cc1[nH]c2ccccc2c1[C@H](O)CN1CCCCC1.